The third-order valence-corrected chi connectivity index (χ3v) is 10.3. The van der Waals surface area contributed by atoms with Crippen LogP contribution in [0, 0.1) is 0 Å². The van der Waals surface area contributed by atoms with Crippen LogP contribution < -0.4 is 5.73 Å². The maximum atomic E-state index is 6.99. The highest BCUT2D eigenvalue weighted by Gasteiger charge is 2.21. The maximum absolute atomic E-state index is 6.99. The molecule has 8 aromatic carbocycles. The normalized spacial score (nSPS) is 13.2. The molecule has 0 saturated carbocycles. The molecule has 2 heterocycles. The van der Waals surface area contributed by atoms with E-state index in [9.17, 15) is 0 Å². The summed E-state index contributed by atoms with van der Waals surface area (Å²) in [6.07, 6.45) is 0. The average Bonchev–Trinajstić information content (AvgIpc) is 3.79. The van der Waals surface area contributed by atoms with Crippen molar-refractivity contribution in [3.8, 4) is 11.1 Å². The Kier molecular flexibility index (Phi) is 7.18. The highest BCUT2D eigenvalue weighted by Crippen LogP contribution is 2.42. The van der Waals surface area contributed by atoms with Crippen LogP contribution in [-0.2, 0) is 0 Å². The molecule has 252 valence electrons. The molecule has 0 fully saturated rings. The summed E-state index contributed by atoms with van der Waals surface area (Å²) in [5.41, 5.74) is 15.2. The highest BCUT2D eigenvalue weighted by molar-refractivity contribution is 6.21. The number of nitrogens with two attached hydrogens (primary N) is 1. The molecule has 2 aromatic heterocycles. The number of hydrogen-bond acceptors (Lipinski definition) is 3. The summed E-state index contributed by atoms with van der Waals surface area (Å²) in [4.78, 5) is 10.5. The van der Waals surface area contributed by atoms with Gasteiger partial charge in [0.05, 0.1) is 6.04 Å². The number of benzene rings is 8. The van der Waals surface area contributed by atoms with E-state index >= 15 is 0 Å². The van der Waals surface area contributed by atoms with Gasteiger partial charge in [-0.2, -0.15) is 0 Å². The average molecular weight is 684 g/mol. The summed E-state index contributed by atoms with van der Waals surface area (Å²) in [7, 11) is 0. The Balaban J connectivity index is 1.19. The first-order valence-electron chi connectivity index (χ1n) is 17.8. The first-order chi connectivity index (χ1) is 26.1. The van der Waals surface area contributed by atoms with Crippen molar-refractivity contribution in [1.82, 2.24) is 0 Å². The van der Waals surface area contributed by atoms with Gasteiger partial charge in [-0.1, -0.05) is 127 Å². The lowest BCUT2D eigenvalue weighted by molar-refractivity contribution is 0.668. The van der Waals surface area contributed by atoms with E-state index in [1.54, 1.807) is 0 Å². The largest absolute Gasteiger partial charge is 0.456 e. The van der Waals surface area contributed by atoms with Gasteiger partial charge in [0.25, 0.3) is 0 Å². The van der Waals surface area contributed by atoms with Crippen molar-refractivity contribution < 1.29 is 8.83 Å². The number of rotatable bonds is 5. The van der Waals surface area contributed by atoms with Gasteiger partial charge in [0.1, 0.15) is 28.2 Å². The Hall–Kier alpha value is -6.98. The quantitative estimate of drug-likeness (QED) is 0.111. The van der Waals surface area contributed by atoms with Crippen LogP contribution in [0.2, 0.25) is 0 Å². The maximum Gasteiger partial charge on any atom is 0.157 e. The van der Waals surface area contributed by atoms with E-state index in [1.165, 1.54) is 5.39 Å². The first-order valence-corrected chi connectivity index (χ1v) is 17.8. The number of furan rings is 2. The molecule has 0 spiro atoms. The number of para-hydroxylation sites is 2. The van der Waals surface area contributed by atoms with Gasteiger partial charge in [-0.25, -0.2) is 4.99 Å². The summed E-state index contributed by atoms with van der Waals surface area (Å²) in [5, 5.41) is 8.71. The molecule has 10 aromatic rings. The number of fused-ring (bicyclic) bond motifs is 9. The number of nitrogens with zero attached hydrogens (tertiary/aromatic N) is 2. The van der Waals surface area contributed by atoms with Crippen LogP contribution in [0.4, 0.5) is 0 Å². The van der Waals surface area contributed by atoms with E-state index in [2.05, 4.69) is 97.9 Å². The zero-order valence-electron chi connectivity index (χ0n) is 29.0. The van der Waals surface area contributed by atoms with Gasteiger partial charge < -0.3 is 14.6 Å². The number of aliphatic imine (C=N–C) groups is 2. The van der Waals surface area contributed by atoms with Crippen LogP contribution in [0.15, 0.2) is 183 Å². The second kappa shape index (κ2) is 12.4. The van der Waals surface area contributed by atoms with E-state index in [1.807, 2.05) is 72.8 Å². The molecule has 5 nitrogen and oxygen atoms in total. The second-order valence-electron chi connectivity index (χ2n) is 13.5. The van der Waals surface area contributed by atoms with Crippen molar-refractivity contribution in [1.29, 1.82) is 0 Å². The molecule has 0 aliphatic rings. The second-order valence-corrected chi connectivity index (χ2v) is 13.5. The van der Waals surface area contributed by atoms with Crippen LogP contribution in [0.1, 0.15) is 29.7 Å². The van der Waals surface area contributed by atoms with Gasteiger partial charge in [0, 0.05) is 32.7 Å². The lowest BCUT2D eigenvalue weighted by atomic mass is 9.93. The first kappa shape index (κ1) is 30.8. The Morgan fingerprint density at radius 2 is 1.13 bits per heavy atom. The molecule has 0 bridgehead atoms. The SMILES string of the molecule is CC(/N=C(\N=C(/N)c1cc2ccccc2c2ccccc12)c1ccccc1)c1cc(-c2cccc3oc4ccccc4c23)cc2oc3ccccc3c12. The molecule has 1 atom stereocenters. The molecule has 1 unspecified atom stereocenters. The molecular weight excluding hydrogens is 651 g/mol. The molecular formula is C48H33N3O2. The summed E-state index contributed by atoms with van der Waals surface area (Å²) < 4.78 is 12.8. The summed E-state index contributed by atoms with van der Waals surface area (Å²) in [5.74, 6) is 0.968. The number of hydrogen-bond donors (Lipinski definition) is 1. The third-order valence-electron chi connectivity index (χ3n) is 10.3. The topological polar surface area (TPSA) is 77.0 Å². The molecule has 10 rings (SSSR count). The Bertz CT molecular complexity index is 3100. The van der Waals surface area contributed by atoms with Crippen molar-refractivity contribution in [2.75, 3.05) is 0 Å². The molecule has 0 radical (unpaired) electrons. The van der Waals surface area contributed by atoms with Crippen LogP contribution >= 0.6 is 0 Å². The van der Waals surface area contributed by atoms with E-state index in [0.717, 1.165) is 87.9 Å². The molecule has 0 amide bonds. The van der Waals surface area contributed by atoms with Crippen LogP contribution in [-0.4, -0.2) is 11.7 Å². The zero-order chi connectivity index (χ0) is 35.5. The van der Waals surface area contributed by atoms with Gasteiger partial charge in [-0.05, 0) is 81.6 Å². The Morgan fingerprint density at radius 3 is 1.91 bits per heavy atom. The van der Waals surface area contributed by atoms with Gasteiger partial charge in [0.15, 0.2) is 5.84 Å². The van der Waals surface area contributed by atoms with E-state index in [0.29, 0.717) is 11.7 Å². The van der Waals surface area contributed by atoms with E-state index < -0.39 is 0 Å². The van der Waals surface area contributed by atoms with Gasteiger partial charge in [0.2, 0.25) is 0 Å². The lowest BCUT2D eigenvalue weighted by Crippen LogP contribution is -2.17. The minimum absolute atomic E-state index is 0.321. The fourth-order valence-corrected chi connectivity index (χ4v) is 7.84. The Labute approximate surface area is 305 Å². The van der Waals surface area contributed by atoms with Crippen LogP contribution in [0.3, 0.4) is 0 Å². The monoisotopic (exact) mass is 683 g/mol. The summed E-state index contributed by atoms with van der Waals surface area (Å²) >= 11 is 0. The van der Waals surface area contributed by atoms with Gasteiger partial charge >= 0.3 is 0 Å². The Morgan fingerprint density at radius 1 is 0.528 bits per heavy atom. The van der Waals surface area contributed by atoms with Crippen LogP contribution in [0.5, 0.6) is 0 Å². The highest BCUT2D eigenvalue weighted by atomic mass is 16.3. The summed E-state index contributed by atoms with van der Waals surface area (Å²) in [6, 6.07) is 55.6. The third kappa shape index (κ3) is 5.16. The van der Waals surface area contributed by atoms with E-state index in [4.69, 9.17) is 24.6 Å². The molecule has 5 heteroatoms. The van der Waals surface area contributed by atoms with Gasteiger partial charge in [-0.15, -0.1) is 0 Å². The molecule has 0 saturated heterocycles. The molecule has 0 aliphatic heterocycles. The summed E-state index contributed by atoms with van der Waals surface area (Å²) in [6.45, 7) is 2.12. The molecule has 0 aliphatic carbocycles. The lowest BCUT2D eigenvalue weighted by Gasteiger charge is -2.15. The van der Waals surface area contributed by atoms with Crippen molar-refractivity contribution in [3.63, 3.8) is 0 Å². The smallest absolute Gasteiger partial charge is 0.157 e. The predicted octanol–water partition coefficient (Wildman–Crippen LogP) is 12.4. The number of amidine groups is 2. The van der Waals surface area contributed by atoms with Crippen LogP contribution in [0.25, 0.3) is 76.5 Å². The minimum atomic E-state index is -0.321. The van der Waals surface area contributed by atoms with Crippen molar-refractivity contribution >= 4 is 77.1 Å². The molecule has 53 heavy (non-hydrogen) atoms. The van der Waals surface area contributed by atoms with Gasteiger partial charge in [-0.3, -0.25) is 4.99 Å². The standard InChI is InChI=1S/C48H33N3O2/c1-29(50-48(30-14-3-2-4-15-30)51-47(49)40-26-31-16-5-6-17-33(31)35-18-7-8-19-36(35)40)39-27-32(28-44-46(39)38-21-10-12-24-42(38)53-44)34-22-13-25-43-45(34)37-20-9-11-23-41(37)52-43/h2-29H,1H3,(H2,49,50,51). The molecule has 2 N–H and O–H groups in total. The van der Waals surface area contributed by atoms with Crippen molar-refractivity contribution in [3.05, 3.63) is 180 Å². The van der Waals surface area contributed by atoms with Crippen molar-refractivity contribution in [2.24, 2.45) is 15.7 Å². The van der Waals surface area contributed by atoms with Crippen molar-refractivity contribution in [2.45, 2.75) is 13.0 Å². The predicted molar refractivity (Wildman–Crippen MR) is 220 cm³/mol. The fourth-order valence-electron chi connectivity index (χ4n) is 7.84. The minimum Gasteiger partial charge on any atom is -0.456 e. The fraction of sp³-hybridized carbons (Fsp3) is 0.0417. The van der Waals surface area contributed by atoms with E-state index in [-0.39, 0.29) is 6.04 Å². The zero-order valence-corrected chi connectivity index (χ0v) is 29.0.